The maximum absolute atomic E-state index is 12.1. The van der Waals surface area contributed by atoms with E-state index in [2.05, 4.69) is 15.0 Å². The molecule has 0 saturated heterocycles. The number of hydrogen-bond donors (Lipinski definition) is 2. The van der Waals surface area contributed by atoms with Gasteiger partial charge in [-0.05, 0) is 26.1 Å². The van der Waals surface area contributed by atoms with Crippen LogP contribution in [0.15, 0.2) is 21.7 Å². The fourth-order valence-electron chi connectivity index (χ4n) is 1.65. The molecule has 0 aliphatic carbocycles. The standard InChI is InChI=1S/C12H17N3O2S3/c1-9-8-18-11(15-9)5-6-14-20(16,17)12-4-3-10(19-12)7-13-2/h3-4,8,13-14H,5-7H2,1-2H3. The third-order valence-electron chi connectivity index (χ3n) is 2.55. The monoisotopic (exact) mass is 331 g/mol. The molecule has 0 unspecified atom stereocenters. The van der Waals surface area contributed by atoms with Gasteiger partial charge in [-0.1, -0.05) is 0 Å². The summed E-state index contributed by atoms with van der Waals surface area (Å²) in [6.45, 7) is 2.98. The van der Waals surface area contributed by atoms with Crippen LogP contribution in [0.3, 0.4) is 0 Å². The van der Waals surface area contributed by atoms with Crippen molar-refractivity contribution in [3.8, 4) is 0 Å². The van der Waals surface area contributed by atoms with Crippen molar-refractivity contribution in [1.82, 2.24) is 15.0 Å². The molecule has 0 aliphatic rings. The lowest BCUT2D eigenvalue weighted by molar-refractivity contribution is 0.583. The molecule has 0 spiro atoms. The van der Waals surface area contributed by atoms with Gasteiger partial charge in [-0.2, -0.15) is 0 Å². The number of aromatic nitrogens is 1. The first-order valence-corrected chi connectivity index (χ1v) is 9.33. The molecule has 0 radical (unpaired) electrons. The highest BCUT2D eigenvalue weighted by Crippen LogP contribution is 2.21. The number of thiazole rings is 1. The zero-order valence-corrected chi connectivity index (χ0v) is 13.8. The van der Waals surface area contributed by atoms with Gasteiger partial charge in [-0.25, -0.2) is 18.1 Å². The van der Waals surface area contributed by atoms with Crippen LogP contribution in [0.1, 0.15) is 15.6 Å². The van der Waals surface area contributed by atoms with Gasteiger partial charge in [0, 0.05) is 35.5 Å². The molecule has 8 heteroatoms. The van der Waals surface area contributed by atoms with Gasteiger partial charge in [0.1, 0.15) is 4.21 Å². The first-order chi connectivity index (χ1) is 9.51. The van der Waals surface area contributed by atoms with E-state index < -0.39 is 10.0 Å². The molecule has 2 aromatic heterocycles. The molecule has 2 N–H and O–H groups in total. The van der Waals surface area contributed by atoms with Gasteiger partial charge in [0.05, 0.1) is 5.01 Å². The number of nitrogens with one attached hydrogen (secondary N) is 2. The molecule has 0 fully saturated rings. The zero-order valence-electron chi connectivity index (χ0n) is 11.3. The largest absolute Gasteiger partial charge is 0.315 e. The Kier molecular flexibility index (Phi) is 5.28. The van der Waals surface area contributed by atoms with Crippen molar-refractivity contribution in [2.45, 2.75) is 24.1 Å². The van der Waals surface area contributed by atoms with E-state index in [1.165, 1.54) is 11.3 Å². The minimum absolute atomic E-state index is 0.359. The summed E-state index contributed by atoms with van der Waals surface area (Å²) in [5.41, 5.74) is 0.975. The Morgan fingerprint density at radius 3 is 2.80 bits per heavy atom. The summed E-state index contributed by atoms with van der Waals surface area (Å²) in [5, 5.41) is 5.92. The van der Waals surface area contributed by atoms with Crippen LogP contribution < -0.4 is 10.0 Å². The normalized spacial score (nSPS) is 11.9. The van der Waals surface area contributed by atoms with Crippen molar-refractivity contribution in [3.63, 3.8) is 0 Å². The Balaban J connectivity index is 1.92. The van der Waals surface area contributed by atoms with Crippen LogP contribution in [0.2, 0.25) is 0 Å². The lowest BCUT2D eigenvalue weighted by atomic mass is 10.4. The van der Waals surface area contributed by atoms with E-state index in [0.717, 1.165) is 15.6 Å². The minimum Gasteiger partial charge on any atom is -0.315 e. The second-order valence-corrected chi connectivity index (χ2v) is 8.39. The van der Waals surface area contributed by atoms with E-state index >= 15 is 0 Å². The summed E-state index contributed by atoms with van der Waals surface area (Å²) in [5.74, 6) is 0. The van der Waals surface area contributed by atoms with Crippen molar-refractivity contribution in [2.24, 2.45) is 0 Å². The predicted molar refractivity (Wildman–Crippen MR) is 82.8 cm³/mol. The fourth-order valence-corrected chi connectivity index (χ4v) is 4.87. The molecule has 0 aliphatic heterocycles. The summed E-state index contributed by atoms with van der Waals surface area (Å²) in [7, 11) is -1.57. The number of nitrogens with zero attached hydrogens (tertiary/aromatic N) is 1. The molecule has 5 nitrogen and oxygen atoms in total. The number of aryl methyl sites for hydroxylation is 1. The summed E-state index contributed by atoms with van der Waals surface area (Å²) in [6, 6.07) is 3.48. The topological polar surface area (TPSA) is 71.1 Å². The zero-order chi connectivity index (χ0) is 14.6. The number of hydrogen-bond acceptors (Lipinski definition) is 6. The Hall–Kier alpha value is -0.800. The van der Waals surface area contributed by atoms with Gasteiger partial charge < -0.3 is 5.32 Å². The predicted octanol–water partition coefficient (Wildman–Crippen LogP) is 1.75. The van der Waals surface area contributed by atoms with Gasteiger partial charge in [0.15, 0.2) is 0 Å². The first kappa shape index (κ1) is 15.6. The van der Waals surface area contributed by atoms with Crippen molar-refractivity contribution < 1.29 is 8.42 Å². The Labute approximate surface area is 127 Å². The smallest absolute Gasteiger partial charge is 0.250 e. The molecule has 0 saturated carbocycles. The minimum atomic E-state index is -3.40. The van der Waals surface area contributed by atoms with E-state index in [9.17, 15) is 8.42 Å². The average molecular weight is 331 g/mol. The molecule has 0 aromatic carbocycles. The van der Waals surface area contributed by atoms with Gasteiger partial charge in [-0.15, -0.1) is 22.7 Å². The molecule has 2 heterocycles. The summed E-state index contributed by atoms with van der Waals surface area (Å²) in [6.07, 6.45) is 0.618. The van der Waals surface area contributed by atoms with E-state index in [4.69, 9.17) is 0 Å². The van der Waals surface area contributed by atoms with Gasteiger partial charge in [0.25, 0.3) is 0 Å². The Morgan fingerprint density at radius 1 is 1.35 bits per heavy atom. The van der Waals surface area contributed by atoms with Crippen molar-refractivity contribution in [3.05, 3.63) is 33.1 Å². The highest BCUT2D eigenvalue weighted by Gasteiger charge is 2.16. The lowest BCUT2D eigenvalue weighted by Gasteiger charge is -2.03. The molecule has 0 amide bonds. The third kappa shape index (κ3) is 4.10. The molecular weight excluding hydrogens is 314 g/mol. The molecule has 0 atom stereocenters. The van der Waals surface area contributed by atoms with Crippen molar-refractivity contribution >= 4 is 32.7 Å². The van der Waals surface area contributed by atoms with Crippen molar-refractivity contribution in [2.75, 3.05) is 13.6 Å². The van der Waals surface area contributed by atoms with E-state index in [1.807, 2.05) is 25.4 Å². The van der Waals surface area contributed by atoms with Crippen molar-refractivity contribution in [1.29, 1.82) is 0 Å². The Morgan fingerprint density at radius 2 is 2.15 bits per heavy atom. The quantitative estimate of drug-likeness (QED) is 0.811. The average Bonchev–Trinajstić information content (AvgIpc) is 2.99. The van der Waals surface area contributed by atoms with E-state index in [1.54, 1.807) is 17.4 Å². The van der Waals surface area contributed by atoms with Crippen LogP contribution in [0.5, 0.6) is 0 Å². The van der Waals surface area contributed by atoms with Gasteiger partial charge >= 0.3 is 0 Å². The number of sulfonamides is 1. The maximum Gasteiger partial charge on any atom is 0.250 e. The number of rotatable bonds is 7. The second kappa shape index (κ2) is 6.77. The van der Waals surface area contributed by atoms with E-state index in [-0.39, 0.29) is 0 Å². The second-order valence-electron chi connectivity index (χ2n) is 4.28. The summed E-state index contributed by atoms with van der Waals surface area (Å²) < 4.78 is 27.2. The molecule has 0 bridgehead atoms. The number of thiophene rings is 1. The van der Waals surface area contributed by atoms with Crippen LogP contribution in [0.4, 0.5) is 0 Å². The lowest BCUT2D eigenvalue weighted by Crippen LogP contribution is -2.25. The molecule has 2 aromatic rings. The van der Waals surface area contributed by atoms with Crippen LogP contribution in [-0.2, 0) is 23.0 Å². The van der Waals surface area contributed by atoms with Crippen LogP contribution in [-0.4, -0.2) is 27.0 Å². The SMILES string of the molecule is CNCc1ccc(S(=O)(=O)NCCc2nc(C)cs2)s1. The van der Waals surface area contributed by atoms with Crippen LogP contribution in [0, 0.1) is 6.92 Å². The molecule has 110 valence electrons. The van der Waals surface area contributed by atoms with E-state index in [0.29, 0.717) is 23.7 Å². The fraction of sp³-hybridized carbons (Fsp3) is 0.417. The molecular formula is C12H17N3O2S3. The molecule has 2 rings (SSSR count). The summed E-state index contributed by atoms with van der Waals surface area (Å²) in [4.78, 5) is 5.31. The highest BCUT2D eigenvalue weighted by atomic mass is 32.2. The highest BCUT2D eigenvalue weighted by molar-refractivity contribution is 7.91. The maximum atomic E-state index is 12.1. The van der Waals surface area contributed by atoms with Gasteiger partial charge in [0.2, 0.25) is 10.0 Å². The first-order valence-electron chi connectivity index (χ1n) is 6.15. The third-order valence-corrected chi connectivity index (χ3v) is 6.61. The summed E-state index contributed by atoms with van der Waals surface area (Å²) >= 11 is 2.84. The van der Waals surface area contributed by atoms with Crippen LogP contribution in [0.25, 0.3) is 0 Å². The molecule has 20 heavy (non-hydrogen) atoms. The van der Waals surface area contributed by atoms with Crippen LogP contribution >= 0.6 is 22.7 Å². The Bertz CT molecular complexity index is 661. The van der Waals surface area contributed by atoms with Gasteiger partial charge in [-0.3, -0.25) is 0 Å².